The van der Waals surface area contributed by atoms with E-state index in [2.05, 4.69) is 28.9 Å². The molecule has 124 valence electrons. The van der Waals surface area contributed by atoms with Crippen molar-refractivity contribution in [3.05, 3.63) is 59.9 Å². The Bertz CT molecular complexity index is 581. The topological polar surface area (TPSA) is 51.4 Å². The molecule has 0 bridgehead atoms. The fourth-order valence-electron chi connectivity index (χ4n) is 2.82. The number of rotatable bonds is 5. The fraction of sp³-hybridized carbons (Fsp3) is 0.389. The van der Waals surface area contributed by atoms with E-state index in [1.165, 1.54) is 5.56 Å². The number of ether oxygens (including phenoxy) is 1. The maximum absolute atomic E-state index is 6.08. The zero-order chi connectivity index (χ0) is 15.4. The maximum Gasteiger partial charge on any atom is 0.119 e. The second kappa shape index (κ2) is 8.29. The van der Waals surface area contributed by atoms with E-state index in [4.69, 9.17) is 10.5 Å². The van der Waals surface area contributed by atoms with Crippen LogP contribution in [-0.2, 0) is 13.2 Å². The number of nitrogens with two attached hydrogens (primary N) is 1. The highest BCUT2D eigenvalue weighted by atomic mass is 35.5. The van der Waals surface area contributed by atoms with E-state index in [-0.39, 0.29) is 12.4 Å². The average molecular weight is 334 g/mol. The van der Waals surface area contributed by atoms with Crippen molar-refractivity contribution in [2.75, 3.05) is 13.1 Å². The number of likely N-dealkylation sites (tertiary alicyclic amines) is 1. The molecule has 1 fully saturated rings. The van der Waals surface area contributed by atoms with E-state index >= 15 is 0 Å². The minimum absolute atomic E-state index is 0. The lowest BCUT2D eigenvalue weighted by Crippen LogP contribution is -2.28. The van der Waals surface area contributed by atoms with Gasteiger partial charge in [0.2, 0.25) is 0 Å². The smallest absolute Gasteiger partial charge is 0.119 e. The van der Waals surface area contributed by atoms with Gasteiger partial charge in [0.15, 0.2) is 0 Å². The molecule has 3 rings (SSSR count). The minimum Gasteiger partial charge on any atom is -0.489 e. The third kappa shape index (κ3) is 4.93. The van der Waals surface area contributed by atoms with Gasteiger partial charge in [0.25, 0.3) is 0 Å². The van der Waals surface area contributed by atoms with Crippen LogP contribution in [0.1, 0.15) is 18.1 Å². The van der Waals surface area contributed by atoms with Crippen molar-refractivity contribution < 1.29 is 4.74 Å². The molecule has 23 heavy (non-hydrogen) atoms. The normalized spacial score (nSPS) is 21.0. The van der Waals surface area contributed by atoms with Crippen LogP contribution >= 0.6 is 12.4 Å². The Morgan fingerprint density at radius 1 is 1.09 bits per heavy atom. The second-order valence-corrected chi connectivity index (χ2v) is 6.12. The molecule has 0 saturated carbocycles. The molecule has 0 amide bonds. The van der Waals surface area contributed by atoms with Gasteiger partial charge < -0.3 is 10.5 Å². The predicted octanol–water partition coefficient (Wildman–Crippen LogP) is 2.86. The van der Waals surface area contributed by atoms with E-state index in [1.807, 2.05) is 24.3 Å². The lowest BCUT2D eigenvalue weighted by atomic mass is 10.1. The van der Waals surface area contributed by atoms with Gasteiger partial charge in [-0.25, -0.2) is 0 Å². The van der Waals surface area contributed by atoms with Gasteiger partial charge in [0, 0.05) is 38.1 Å². The van der Waals surface area contributed by atoms with E-state index in [1.54, 1.807) is 12.4 Å². The molecular weight excluding hydrogens is 310 g/mol. The molecule has 1 aromatic heterocycles. The quantitative estimate of drug-likeness (QED) is 0.914. The third-order valence-electron chi connectivity index (χ3n) is 4.23. The van der Waals surface area contributed by atoms with Gasteiger partial charge in [0.05, 0.1) is 0 Å². The zero-order valence-corrected chi connectivity index (χ0v) is 14.2. The van der Waals surface area contributed by atoms with Crippen LogP contribution < -0.4 is 10.5 Å². The molecule has 0 aliphatic carbocycles. The molecule has 5 heteroatoms. The summed E-state index contributed by atoms with van der Waals surface area (Å²) in [7, 11) is 0. The summed E-state index contributed by atoms with van der Waals surface area (Å²) in [4.78, 5) is 6.42. The molecule has 0 radical (unpaired) electrons. The predicted molar refractivity (Wildman–Crippen MR) is 94.7 cm³/mol. The van der Waals surface area contributed by atoms with Crippen LogP contribution in [0.3, 0.4) is 0 Å². The number of hydrogen-bond acceptors (Lipinski definition) is 4. The summed E-state index contributed by atoms with van der Waals surface area (Å²) < 4.78 is 5.79. The summed E-state index contributed by atoms with van der Waals surface area (Å²) in [6.45, 7) is 5.83. The average Bonchev–Trinajstić information content (AvgIpc) is 2.85. The Kier molecular flexibility index (Phi) is 6.39. The standard InChI is InChI=1S/C18H23N3O.ClH/c1-14-10-21(12-18(14)19)11-15-2-4-17(5-3-15)22-13-16-6-8-20-9-7-16;/h2-9,14,18H,10-13,19H2,1H3;1H. The highest BCUT2D eigenvalue weighted by Crippen LogP contribution is 2.19. The SMILES string of the molecule is CC1CN(Cc2ccc(OCc3ccncc3)cc2)CC1N.Cl. The van der Waals surface area contributed by atoms with Crippen molar-refractivity contribution >= 4 is 12.4 Å². The van der Waals surface area contributed by atoms with Gasteiger partial charge in [0.1, 0.15) is 12.4 Å². The molecule has 2 heterocycles. The van der Waals surface area contributed by atoms with Crippen LogP contribution in [0.15, 0.2) is 48.8 Å². The van der Waals surface area contributed by atoms with E-state index < -0.39 is 0 Å². The Hall–Kier alpha value is -1.62. The van der Waals surface area contributed by atoms with Crippen molar-refractivity contribution in [2.24, 2.45) is 11.7 Å². The number of nitrogens with zero attached hydrogens (tertiary/aromatic N) is 2. The van der Waals surface area contributed by atoms with Gasteiger partial charge >= 0.3 is 0 Å². The Morgan fingerprint density at radius 2 is 1.78 bits per heavy atom. The molecule has 2 atom stereocenters. The van der Waals surface area contributed by atoms with E-state index in [9.17, 15) is 0 Å². The van der Waals surface area contributed by atoms with Crippen LogP contribution in [0.2, 0.25) is 0 Å². The Balaban J connectivity index is 0.00000192. The van der Waals surface area contributed by atoms with Crippen LogP contribution in [0.4, 0.5) is 0 Å². The summed E-state index contributed by atoms with van der Waals surface area (Å²) in [5, 5.41) is 0. The molecule has 1 saturated heterocycles. The van der Waals surface area contributed by atoms with Crippen molar-refractivity contribution in [1.82, 2.24) is 9.88 Å². The zero-order valence-electron chi connectivity index (χ0n) is 13.4. The molecule has 1 aliphatic rings. The van der Waals surface area contributed by atoms with Crippen molar-refractivity contribution in [3.63, 3.8) is 0 Å². The number of benzene rings is 1. The first-order chi connectivity index (χ1) is 10.7. The first kappa shape index (κ1) is 17.7. The third-order valence-corrected chi connectivity index (χ3v) is 4.23. The van der Waals surface area contributed by atoms with Crippen LogP contribution in [-0.4, -0.2) is 29.0 Å². The van der Waals surface area contributed by atoms with Crippen LogP contribution in [0.25, 0.3) is 0 Å². The summed E-state index contributed by atoms with van der Waals surface area (Å²) >= 11 is 0. The molecule has 1 aromatic carbocycles. The summed E-state index contributed by atoms with van der Waals surface area (Å²) in [6.07, 6.45) is 3.56. The highest BCUT2D eigenvalue weighted by molar-refractivity contribution is 5.85. The van der Waals surface area contributed by atoms with Gasteiger partial charge in [-0.05, 0) is 41.3 Å². The molecule has 2 aromatic rings. The van der Waals surface area contributed by atoms with E-state index in [0.29, 0.717) is 18.6 Å². The molecule has 4 nitrogen and oxygen atoms in total. The molecule has 0 spiro atoms. The lowest BCUT2D eigenvalue weighted by molar-refractivity contribution is 0.304. The number of aromatic nitrogens is 1. The van der Waals surface area contributed by atoms with Crippen molar-refractivity contribution in [2.45, 2.75) is 26.1 Å². The van der Waals surface area contributed by atoms with Gasteiger partial charge in [-0.3, -0.25) is 9.88 Å². The second-order valence-electron chi connectivity index (χ2n) is 6.12. The van der Waals surface area contributed by atoms with Crippen LogP contribution in [0.5, 0.6) is 5.75 Å². The molecular formula is C18H24ClN3O. The Labute approximate surface area is 144 Å². The maximum atomic E-state index is 6.08. The van der Waals surface area contributed by atoms with Gasteiger partial charge in [-0.2, -0.15) is 0 Å². The molecule has 1 aliphatic heterocycles. The molecule has 2 N–H and O–H groups in total. The first-order valence-corrected chi connectivity index (χ1v) is 7.79. The number of hydrogen-bond donors (Lipinski definition) is 1. The number of halogens is 1. The molecule has 2 unspecified atom stereocenters. The lowest BCUT2D eigenvalue weighted by Gasteiger charge is -2.15. The summed E-state index contributed by atoms with van der Waals surface area (Å²) in [5.74, 6) is 1.48. The van der Waals surface area contributed by atoms with Gasteiger partial charge in [-0.15, -0.1) is 12.4 Å². The van der Waals surface area contributed by atoms with E-state index in [0.717, 1.165) is 30.9 Å². The summed E-state index contributed by atoms with van der Waals surface area (Å²) in [5.41, 5.74) is 8.50. The van der Waals surface area contributed by atoms with Gasteiger partial charge in [-0.1, -0.05) is 19.1 Å². The minimum atomic E-state index is 0. The summed E-state index contributed by atoms with van der Waals surface area (Å²) in [6, 6.07) is 12.6. The Morgan fingerprint density at radius 3 is 2.39 bits per heavy atom. The van der Waals surface area contributed by atoms with Crippen LogP contribution in [0, 0.1) is 5.92 Å². The largest absolute Gasteiger partial charge is 0.489 e. The monoisotopic (exact) mass is 333 g/mol. The number of pyridine rings is 1. The van der Waals surface area contributed by atoms with Crippen molar-refractivity contribution in [3.8, 4) is 5.75 Å². The highest BCUT2D eigenvalue weighted by Gasteiger charge is 2.26. The fourth-order valence-corrected chi connectivity index (χ4v) is 2.82. The first-order valence-electron chi connectivity index (χ1n) is 7.79. The van der Waals surface area contributed by atoms with Crippen molar-refractivity contribution in [1.29, 1.82) is 0 Å².